The van der Waals surface area contributed by atoms with E-state index in [1.165, 1.54) is 30.6 Å². The molecule has 0 bridgehead atoms. The molecular formula is C14H21NOS. The first-order chi connectivity index (χ1) is 8.33. The number of hydrogen-bond acceptors (Lipinski definition) is 3. The van der Waals surface area contributed by atoms with Gasteiger partial charge in [0, 0.05) is 10.1 Å². The van der Waals surface area contributed by atoms with Gasteiger partial charge in [0.05, 0.1) is 7.11 Å². The molecule has 0 saturated heterocycles. The van der Waals surface area contributed by atoms with E-state index in [2.05, 4.69) is 12.1 Å². The number of rotatable bonds is 4. The highest BCUT2D eigenvalue weighted by molar-refractivity contribution is 8.00. The Morgan fingerprint density at radius 1 is 1.24 bits per heavy atom. The molecule has 1 aromatic carbocycles. The Bertz CT molecular complexity index is 339. The number of thioether (sulfide) groups is 1. The summed E-state index contributed by atoms with van der Waals surface area (Å²) in [5.74, 6) is 1.62. The number of ether oxygens (including phenoxy) is 1. The molecule has 1 aliphatic carbocycles. The third kappa shape index (κ3) is 3.39. The van der Waals surface area contributed by atoms with Gasteiger partial charge >= 0.3 is 0 Å². The fourth-order valence-corrected chi connectivity index (χ4v) is 3.79. The molecule has 2 unspecified atom stereocenters. The predicted molar refractivity (Wildman–Crippen MR) is 73.7 cm³/mol. The van der Waals surface area contributed by atoms with Gasteiger partial charge in [-0.05, 0) is 49.6 Å². The summed E-state index contributed by atoms with van der Waals surface area (Å²) in [5, 5.41) is 0.696. The van der Waals surface area contributed by atoms with Gasteiger partial charge in [-0.1, -0.05) is 12.8 Å². The molecule has 0 aromatic heterocycles. The van der Waals surface area contributed by atoms with Crippen molar-refractivity contribution in [1.29, 1.82) is 0 Å². The number of benzene rings is 1. The van der Waals surface area contributed by atoms with E-state index in [4.69, 9.17) is 10.5 Å². The van der Waals surface area contributed by atoms with Crippen LogP contribution in [-0.2, 0) is 0 Å². The van der Waals surface area contributed by atoms with Crippen LogP contribution in [-0.4, -0.2) is 18.9 Å². The van der Waals surface area contributed by atoms with E-state index in [0.717, 1.165) is 12.3 Å². The zero-order valence-electron chi connectivity index (χ0n) is 10.4. The maximum Gasteiger partial charge on any atom is 0.118 e. The van der Waals surface area contributed by atoms with Gasteiger partial charge in [-0.2, -0.15) is 0 Å². The topological polar surface area (TPSA) is 35.2 Å². The lowest BCUT2D eigenvalue weighted by atomic mass is 9.89. The molecule has 0 spiro atoms. The molecule has 94 valence electrons. The molecule has 2 N–H and O–H groups in total. The van der Waals surface area contributed by atoms with Gasteiger partial charge in [-0.3, -0.25) is 0 Å². The molecule has 2 atom stereocenters. The van der Waals surface area contributed by atoms with Crippen molar-refractivity contribution in [1.82, 2.24) is 0 Å². The van der Waals surface area contributed by atoms with Crippen LogP contribution in [0.2, 0.25) is 0 Å². The second-order valence-electron chi connectivity index (χ2n) is 4.61. The highest BCUT2D eigenvalue weighted by atomic mass is 32.2. The molecule has 0 aliphatic heterocycles. The lowest BCUT2D eigenvalue weighted by Crippen LogP contribution is -2.28. The fourth-order valence-electron chi connectivity index (χ4n) is 2.43. The number of nitrogens with two attached hydrogens (primary N) is 1. The Hall–Kier alpha value is -0.670. The van der Waals surface area contributed by atoms with Crippen molar-refractivity contribution in [2.24, 2.45) is 11.7 Å². The van der Waals surface area contributed by atoms with Crippen molar-refractivity contribution in [3.63, 3.8) is 0 Å². The van der Waals surface area contributed by atoms with E-state index >= 15 is 0 Å². The molecule has 17 heavy (non-hydrogen) atoms. The molecule has 0 radical (unpaired) electrons. The lowest BCUT2D eigenvalue weighted by molar-refractivity contribution is 0.378. The second-order valence-corrected chi connectivity index (χ2v) is 5.92. The SMILES string of the molecule is COc1ccc(SC2CCCCC2CN)cc1. The molecule has 1 aromatic rings. The average molecular weight is 251 g/mol. The Balaban J connectivity index is 1.98. The van der Waals surface area contributed by atoms with Crippen LogP contribution in [0.4, 0.5) is 0 Å². The zero-order chi connectivity index (χ0) is 12.1. The van der Waals surface area contributed by atoms with E-state index < -0.39 is 0 Å². The smallest absolute Gasteiger partial charge is 0.118 e. The minimum atomic E-state index is 0.691. The minimum Gasteiger partial charge on any atom is -0.497 e. The molecule has 3 heteroatoms. The third-order valence-corrected chi connectivity index (χ3v) is 4.96. The maximum absolute atomic E-state index is 5.86. The average Bonchev–Trinajstić information content (AvgIpc) is 2.40. The Kier molecular flexibility index (Phi) is 4.75. The maximum atomic E-state index is 5.86. The molecule has 0 heterocycles. The van der Waals surface area contributed by atoms with Gasteiger partial charge in [0.1, 0.15) is 5.75 Å². The third-order valence-electron chi connectivity index (χ3n) is 3.49. The van der Waals surface area contributed by atoms with E-state index in [1.807, 2.05) is 23.9 Å². The van der Waals surface area contributed by atoms with E-state index in [-0.39, 0.29) is 0 Å². The fraction of sp³-hybridized carbons (Fsp3) is 0.571. The van der Waals surface area contributed by atoms with Gasteiger partial charge in [-0.25, -0.2) is 0 Å². The molecule has 1 saturated carbocycles. The summed E-state index contributed by atoms with van der Waals surface area (Å²) in [6, 6.07) is 8.35. The minimum absolute atomic E-state index is 0.691. The summed E-state index contributed by atoms with van der Waals surface area (Å²) in [7, 11) is 1.70. The Morgan fingerprint density at radius 2 is 1.94 bits per heavy atom. The van der Waals surface area contributed by atoms with E-state index in [1.54, 1.807) is 7.11 Å². The molecule has 2 rings (SSSR count). The van der Waals surface area contributed by atoms with E-state index in [9.17, 15) is 0 Å². The second kappa shape index (κ2) is 6.31. The first kappa shape index (κ1) is 12.8. The predicted octanol–water partition coefficient (Wildman–Crippen LogP) is 3.30. The van der Waals surface area contributed by atoms with Crippen LogP contribution in [0, 0.1) is 5.92 Å². The highest BCUT2D eigenvalue weighted by Gasteiger charge is 2.24. The van der Waals surface area contributed by atoms with Crippen LogP contribution in [0.25, 0.3) is 0 Å². The quantitative estimate of drug-likeness (QED) is 0.891. The molecule has 2 nitrogen and oxygen atoms in total. The summed E-state index contributed by atoms with van der Waals surface area (Å²) in [6.45, 7) is 0.827. The molecule has 0 amide bonds. The van der Waals surface area contributed by atoms with Gasteiger partial charge < -0.3 is 10.5 Å². The van der Waals surface area contributed by atoms with Crippen LogP contribution >= 0.6 is 11.8 Å². The van der Waals surface area contributed by atoms with Gasteiger partial charge in [0.25, 0.3) is 0 Å². The molecule has 1 fully saturated rings. The number of hydrogen-bond donors (Lipinski definition) is 1. The normalized spacial score (nSPS) is 24.6. The first-order valence-corrected chi connectivity index (χ1v) is 7.22. The van der Waals surface area contributed by atoms with Crippen LogP contribution in [0.5, 0.6) is 5.75 Å². The summed E-state index contributed by atoms with van der Waals surface area (Å²) >= 11 is 1.98. The summed E-state index contributed by atoms with van der Waals surface area (Å²) in [4.78, 5) is 1.33. The standard InChI is InChI=1S/C14H21NOS/c1-16-12-6-8-13(9-7-12)17-14-5-3-2-4-11(14)10-15/h6-9,11,14H,2-5,10,15H2,1H3. The highest BCUT2D eigenvalue weighted by Crippen LogP contribution is 2.37. The van der Waals surface area contributed by atoms with Crippen LogP contribution in [0.15, 0.2) is 29.2 Å². The molecular weight excluding hydrogens is 230 g/mol. The monoisotopic (exact) mass is 251 g/mol. The van der Waals surface area contributed by atoms with Crippen LogP contribution in [0.1, 0.15) is 25.7 Å². The van der Waals surface area contributed by atoms with Gasteiger partial charge in [0.2, 0.25) is 0 Å². The van der Waals surface area contributed by atoms with Crippen LogP contribution < -0.4 is 10.5 Å². The van der Waals surface area contributed by atoms with Crippen molar-refractivity contribution in [2.75, 3.05) is 13.7 Å². The van der Waals surface area contributed by atoms with Crippen molar-refractivity contribution in [3.8, 4) is 5.75 Å². The van der Waals surface area contributed by atoms with Crippen molar-refractivity contribution in [2.45, 2.75) is 35.8 Å². The van der Waals surface area contributed by atoms with Crippen molar-refractivity contribution in [3.05, 3.63) is 24.3 Å². The van der Waals surface area contributed by atoms with Gasteiger partial charge in [-0.15, -0.1) is 11.8 Å². The summed E-state index contributed by atoms with van der Waals surface area (Å²) < 4.78 is 5.17. The van der Waals surface area contributed by atoms with E-state index in [0.29, 0.717) is 11.2 Å². The van der Waals surface area contributed by atoms with Gasteiger partial charge in [0.15, 0.2) is 0 Å². The zero-order valence-corrected chi connectivity index (χ0v) is 11.2. The van der Waals surface area contributed by atoms with Crippen molar-refractivity contribution < 1.29 is 4.74 Å². The number of methoxy groups -OCH3 is 1. The van der Waals surface area contributed by atoms with Crippen LogP contribution in [0.3, 0.4) is 0 Å². The Morgan fingerprint density at radius 3 is 2.59 bits per heavy atom. The summed E-state index contributed by atoms with van der Waals surface area (Å²) in [6.07, 6.45) is 5.30. The Labute approximate surface area is 108 Å². The largest absolute Gasteiger partial charge is 0.497 e. The van der Waals surface area contributed by atoms with Crippen molar-refractivity contribution >= 4 is 11.8 Å². The lowest BCUT2D eigenvalue weighted by Gasteiger charge is -2.30. The summed E-state index contributed by atoms with van der Waals surface area (Å²) in [5.41, 5.74) is 5.86. The molecule has 1 aliphatic rings. The first-order valence-electron chi connectivity index (χ1n) is 6.34.